The van der Waals surface area contributed by atoms with Crippen molar-refractivity contribution in [3.8, 4) is 66.9 Å². The van der Waals surface area contributed by atoms with Crippen molar-refractivity contribution in [1.29, 1.82) is 0 Å². The zero-order chi connectivity index (χ0) is 38.4. The minimum Gasteiger partial charge on any atom is -0.264 e. The minimum atomic E-state index is 0.908. The van der Waals surface area contributed by atoms with Crippen LogP contribution in [0.5, 0.6) is 0 Å². The molecule has 9 aromatic carbocycles. The van der Waals surface area contributed by atoms with Crippen LogP contribution < -0.4 is 0 Å². The Balaban J connectivity index is 1.08. The van der Waals surface area contributed by atoms with Gasteiger partial charge in [-0.25, -0.2) is 0 Å². The Bertz CT molecular complexity index is 3290. The molecule has 2 heterocycles. The molecule has 0 unspecified atom stereocenters. The first-order valence-corrected chi connectivity index (χ1v) is 19.8. The number of benzene rings is 9. The van der Waals surface area contributed by atoms with Crippen molar-refractivity contribution in [1.82, 2.24) is 9.97 Å². The summed E-state index contributed by atoms with van der Waals surface area (Å²) in [5.74, 6) is 0. The predicted molar refractivity (Wildman–Crippen MR) is 245 cm³/mol. The van der Waals surface area contributed by atoms with Crippen molar-refractivity contribution in [2.24, 2.45) is 0 Å². The van der Waals surface area contributed by atoms with Gasteiger partial charge in [0, 0.05) is 29.7 Å². The van der Waals surface area contributed by atoms with Gasteiger partial charge < -0.3 is 0 Å². The maximum Gasteiger partial charge on any atom is 0.0717 e. The third kappa shape index (κ3) is 6.00. The second-order valence-corrected chi connectivity index (χ2v) is 15.0. The molecule has 270 valence electrons. The van der Waals surface area contributed by atoms with E-state index in [4.69, 9.17) is 4.98 Å². The summed E-state index contributed by atoms with van der Waals surface area (Å²) >= 11 is 0. The molecule has 0 N–H and O–H groups in total. The van der Waals surface area contributed by atoms with E-state index in [1.807, 2.05) is 24.5 Å². The van der Waals surface area contributed by atoms with Gasteiger partial charge in [0.05, 0.1) is 5.69 Å². The molecule has 0 atom stereocenters. The van der Waals surface area contributed by atoms with E-state index in [1.54, 1.807) is 6.20 Å². The van der Waals surface area contributed by atoms with E-state index in [0.29, 0.717) is 0 Å². The van der Waals surface area contributed by atoms with E-state index < -0.39 is 0 Å². The molecule has 58 heavy (non-hydrogen) atoms. The lowest BCUT2D eigenvalue weighted by Gasteiger charge is -2.19. The van der Waals surface area contributed by atoms with Crippen LogP contribution >= 0.6 is 0 Å². The van der Waals surface area contributed by atoms with Crippen molar-refractivity contribution < 1.29 is 0 Å². The number of pyridine rings is 2. The van der Waals surface area contributed by atoms with Gasteiger partial charge in [0.2, 0.25) is 0 Å². The smallest absolute Gasteiger partial charge is 0.0717 e. The van der Waals surface area contributed by atoms with Crippen molar-refractivity contribution >= 4 is 43.1 Å². The van der Waals surface area contributed by atoms with E-state index in [1.165, 1.54) is 87.6 Å². The number of hydrogen-bond donors (Lipinski definition) is 0. The minimum absolute atomic E-state index is 0.908. The average molecular weight is 737 g/mol. The highest BCUT2D eigenvalue weighted by Gasteiger charge is 2.18. The van der Waals surface area contributed by atoms with Gasteiger partial charge >= 0.3 is 0 Å². The molecule has 2 aromatic heterocycles. The first-order chi connectivity index (χ1) is 28.7. The summed E-state index contributed by atoms with van der Waals surface area (Å²) in [4.78, 5) is 9.17. The predicted octanol–water partition coefficient (Wildman–Crippen LogP) is 15.1. The Morgan fingerprint density at radius 2 is 0.724 bits per heavy atom. The Morgan fingerprint density at radius 1 is 0.259 bits per heavy atom. The van der Waals surface area contributed by atoms with Gasteiger partial charge in [-0.1, -0.05) is 164 Å². The van der Waals surface area contributed by atoms with Crippen LogP contribution in [0.4, 0.5) is 0 Å². The fourth-order valence-electron chi connectivity index (χ4n) is 8.63. The molecular weight excluding hydrogens is 701 g/mol. The van der Waals surface area contributed by atoms with E-state index >= 15 is 0 Å². The second kappa shape index (κ2) is 14.1. The molecule has 11 aromatic rings. The lowest BCUT2D eigenvalue weighted by molar-refractivity contribution is 1.28. The average Bonchev–Trinajstić information content (AvgIpc) is 3.31. The molecule has 11 rings (SSSR count). The van der Waals surface area contributed by atoms with Crippen molar-refractivity contribution in [3.05, 3.63) is 219 Å². The molecule has 2 nitrogen and oxygen atoms in total. The molecule has 0 aliphatic rings. The van der Waals surface area contributed by atoms with Crippen molar-refractivity contribution in [2.75, 3.05) is 0 Å². The third-order valence-electron chi connectivity index (χ3n) is 11.6. The van der Waals surface area contributed by atoms with E-state index in [9.17, 15) is 0 Å². The lowest BCUT2D eigenvalue weighted by atomic mass is 9.84. The normalized spacial score (nSPS) is 11.4. The highest BCUT2D eigenvalue weighted by Crippen LogP contribution is 2.45. The summed E-state index contributed by atoms with van der Waals surface area (Å²) in [6.45, 7) is 0. The summed E-state index contributed by atoms with van der Waals surface area (Å²) in [7, 11) is 0. The molecule has 0 spiro atoms. The molecule has 0 saturated heterocycles. The number of aromatic nitrogens is 2. The van der Waals surface area contributed by atoms with Crippen LogP contribution in [0.2, 0.25) is 0 Å². The van der Waals surface area contributed by atoms with Crippen molar-refractivity contribution in [3.63, 3.8) is 0 Å². The molecular formula is C56H36N2. The van der Waals surface area contributed by atoms with Gasteiger partial charge in [-0.05, 0) is 130 Å². The second-order valence-electron chi connectivity index (χ2n) is 15.0. The van der Waals surface area contributed by atoms with Crippen LogP contribution in [0.1, 0.15) is 0 Å². The summed E-state index contributed by atoms with van der Waals surface area (Å²) in [6.07, 6.45) is 5.63. The van der Waals surface area contributed by atoms with Crippen LogP contribution in [0, 0.1) is 0 Å². The fraction of sp³-hybridized carbons (Fsp3) is 0. The molecule has 0 amide bonds. The van der Waals surface area contributed by atoms with E-state index in [-0.39, 0.29) is 0 Å². The summed E-state index contributed by atoms with van der Waals surface area (Å²) in [5.41, 5.74) is 13.8. The first-order valence-electron chi connectivity index (χ1n) is 19.8. The fourth-order valence-corrected chi connectivity index (χ4v) is 8.63. The Hall–Kier alpha value is -7.68. The highest BCUT2D eigenvalue weighted by atomic mass is 14.7. The zero-order valence-corrected chi connectivity index (χ0v) is 31.7. The summed E-state index contributed by atoms with van der Waals surface area (Å²) < 4.78 is 0. The van der Waals surface area contributed by atoms with Gasteiger partial charge in [-0.2, -0.15) is 0 Å². The third-order valence-corrected chi connectivity index (χ3v) is 11.6. The molecule has 0 aliphatic carbocycles. The maximum absolute atomic E-state index is 4.87. The molecule has 0 radical (unpaired) electrons. The molecule has 0 fully saturated rings. The zero-order valence-electron chi connectivity index (χ0n) is 31.7. The topological polar surface area (TPSA) is 25.8 Å². The molecule has 0 aliphatic heterocycles. The van der Waals surface area contributed by atoms with Gasteiger partial charge in [-0.15, -0.1) is 0 Å². The first kappa shape index (κ1) is 33.6. The van der Waals surface area contributed by atoms with Gasteiger partial charge in [0.25, 0.3) is 0 Å². The van der Waals surface area contributed by atoms with Gasteiger partial charge in [-0.3, -0.25) is 9.97 Å². The van der Waals surface area contributed by atoms with Gasteiger partial charge in [0.1, 0.15) is 0 Å². The number of rotatable bonds is 6. The van der Waals surface area contributed by atoms with Crippen LogP contribution in [-0.2, 0) is 0 Å². The largest absolute Gasteiger partial charge is 0.264 e. The Kier molecular flexibility index (Phi) is 8.19. The maximum atomic E-state index is 4.87. The molecule has 0 bridgehead atoms. The van der Waals surface area contributed by atoms with Gasteiger partial charge in [0.15, 0.2) is 0 Å². The Labute approximate surface area is 337 Å². The standard InChI is InChI=1S/C56H36N2/c1-3-10-43-32-45(25-19-37(43)8-1)39-15-21-41(22-16-39)55-50-13-5-6-14-51(50)56(42-23-17-40(18-24-42)46-26-20-38-9-2-4-11-44(38)33-46)53-34-47(27-29-52(53)55)48-28-30-54(58-36-48)49-12-7-31-57-35-49/h1-36H. The SMILES string of the molecule is c1cncc(-c2ccc(-c3ccc4c(-c5ccc(-c6ccc7ccccc7c6)cc5)c5ccccc5c(-c5ccc(-c6ccc7ccccc7c6)cc5)c4c3)cn2)c1. The summed E-state index contributed by atoms with van der Waals surface area (Å²) in [6, 6.07) is 72.9. The van der Waals surface area contributed by atoms with Crippen LogP contribution in [-0.4, -0.2) is 9.97 Å². The monoisotopic (exact) mass is 736 g/mol. The molecule has 0 saturated carbocycles. The highest BCUT2D eigenvalue weighted by molar-refractivity contribution is 6.22. The Morgan fingerprint density at radius 3 is 1.28 bits per heavy atom. The van der Waals surface area contributed by atoms with E-state index in [0.717, 1.165) is 22.4 Å². The number of nitrogens with zero attached hydrogens (tertiary/aromatic N) is 2. The van der Waals surface area contributed by atoms with E-state index in [2.05, 4.69) is 193 Å². The van der Waals surface area contributed by atoms with Crippen molar-refractivity contribution in [2.45, 2.75) is 0 Å². The summed E-state index contributed by atoms with van der Waals surface area (Å²) in [5, 5.41) is 9.89. The quantitative estimate of drug-likeness (QED) is 0.159. The number of fused-ring (bicyclic) bond motifs is 4. The number of hydrogen-bond acceptors (Lipinski definition) is 2. The van der Waals surface area contributed by atoms with Crippen LogP contribution in [0.25, 0.3) is 110 Å². The van der Waals surface area contributed by atoms with Crippen LogP contribution in [0.3, 0.4) is 0 Å². The van der Waals surface area contributed by atoms with Crippen LogP contribution in [0.15, 0.2) is 219 Å². The molecule has 2 heteroatoms. The lowest BCUT2D eigenvalue weighted by Crippen LogP contribution is -1.92.